The fraction of sp³-hybridized carbons (Fsp3) is 0.286. The molecule has 0 saturated carbocycles. The van der Waals surface area contributed by atoms with E-state index in [4.69, 9.17) is 19.9 Å². The molecular formula is C21H25N5O4. The lowest BCUT2D eigenvalue weighted by atomic mass is 10.0. The Hall–Kier alpha value is -3.75. The SMILES string of the molecule is COc1cc(C(=O)n2nc(Nc3ccc(C(C)C)cc3)nc2N)cc(OC)c1OC. The van der Waals surface area contributed by atoms with E-state index in [-0.39, 0.29) is 17.5 Å². The molecule has 3 aromatic rings. The van der Waals surface area contributed by atoms with Crippen LogP contribution in [0.4, 0.5) is 17.6 Å². The fourth-order valence-electron chi connectivity index (χ4n) is 2.93. The molecule has 1 heterocycles. The summed E-state index contributed by atoms with van der Waals surface area (Å²) in [5.74, 6) is 1.20. The first kappa shape index (κ1) is 21.0. The van der Waals surface area contributed by atoms with Gasteiger partial charge in [-0.3, -0.25) is 4.79 Å². The van der Waals surface area contributed by atoms with Gasteiger partial charge < -0.3 is 25.3 Å². The summed E-state index contributed by atoms with van der Waals surface area (Å²) in [5, 5.41) is 7.26. The minimum Gasteiger partial charge on any atom is -0.493 e. The van der Waals surface area contributed by atoms with E-state index in [9.17, 15) is 4.79 Å². The average molecular weight is 411 g/mol. The van der Waals surface area contributed by atoms with Crippen LogP contribution in [0.2, 0.25) is 0 Å². The van der Waals surface area contributed by atoms with Gasteiger partial charge >= 0.3 is 0 Å². The van der Waals surface area contributed by atoms with E-state index in [1.807, 2.05) is 24.3 Å². The molecular weight excluding hydrogens is 386 g/mol. The molecule has 30 heavy (non-hydrogen) atoms. The number of anilines is 3. The minimum atomic E-state index is -0.484. The van der Waals surface area contributed by atoms with Crippen molar-refractivity contribution in [3.63, 3.8) is 0 Å². The van der Waals surface area contributed by atoms with Crippen molar-refractivity contribution in [3.8, 4) is 17.2 Å². The molecule has 0 bridgehead atoms. The van der Waals surface area contributed by atoms with Crippen molar-refractivity contribution in [1.29, 1.82) is 0 Å². The van der Waals surface area contributed by atoms with Crippen molar-refractivity contribution >= 4 is 23.5 Å². The maximum Gasteiger partial charge on any atom is 0.281 e. The molecule has 0 aliphatic heterocycles. The molecule has 0 amide bonds. The van der Waals surface area contributed by atoms with Crippen LogP contribution in [0.3, 0.4) is 0 Å². The quantitative estimate of drug-likeness (QED) is 0.608. The van der Waals surface area contributed by atoms with E-state index >= 15 is 0 Å². The number of carbonyl (C=O) groups is 1. The molecule has 9 heteroatoms. The number of nitrogens with one attached hydrogen (secondary N) is 1. The highest BCUT2D eigenvalue weighted by Gasteiger charge is 2.21. The van der Waals surface area contributed by atoms with Crippen molar-refractivity contribution < 1.29 is 19.0 Å². The van der Waals surface area contributed by atoms with Crippen LogP contribution in [0.25, 0.3) is 0 Å². The van der Waals surface area contributed by atoms with Crippen LogP contribution in [0.5, 0.6) is 17.2 Å². The molecule has 0 aliphatic rings. The normalized spacial score (nSPS) is 10.7. The van der Waals surface area contributed by atoms with Gasteiger partial charge in [0.2, 0.25) is 17.6 Å². The largest absolute Gasteiger partial charge is 0.493 e. The molecule has 0 radical (unpaired) electrons. The third-order valence-electron chi connectivity index (χ3n) is 4.57. The molecule has 0 saturated heterocycles. The van der Waals surface area contributed by atoms with Crippen LogP contribution in [0, 0.1) is 0 Å². The molecule has 0 spiro atoms. The van der Waals surface area contributed by atoms with E-state index in [0.29, 0.717) is 23.2 Å². The Morgan fingerprint density at radius 3 is 2.13 bits per heavy atom. The molecule has 2 aromatic carbocycles. The van der Waals surface area contributed by atoms with E-state index in [1.165, 1.54) is 39.0 Å². The third kappa shape index (κ3) is 4.14. The Morgan fingerprint density at radius 2 is 1.63 bits per heavy atom. The molecule has 1 aromatic heterocycles. The van der Waals surface area contributed by atoms with Crippen LogP contribution in [-0.4, -0.2) is 42.0 Å². The second kappa shape index (κ2) is 8.73. The van der Waals surface area contributed by atoms with Gasteiger partial charge in [0.15, 0.2) is 11.5 Å². The Labute approximate surface area is 174 Å². The first-order valence-electron chi connectivity index (χ1n) is 9.32. The lowest BCUT2D eigenvalue weighted by Crippen LogP contribution is -2.17. The number of hydrogen-bond donors (Lipinski definition) is 2. The van der Waals surface area contributed by atoms with E-state index in [2.05, 4.69) is 29.2 Å². The van der Waals surface area contributed by atoms with Crippen LogP contribution < -0.4 is 25.3 Å². The zero-order valence-corrected chi connectivity index (χ0v) is 17.6. The number of benzene rings is 2. The highest BCUT2D eigenvalue weighted by molar-refractivity contribution is 5.98. The van der Waals surface area contributed by atoms with E-state index in [1.54, 1.807) is 0 Å². The Morgan fingerprint density at radius 1 is 1.03 bits per heavy atom. The van der Waals surface area contributed by atoms with Gasteiger partial charge in [0, 0.05) is 11.3 Å². The molecule has 0 unspecified atom stereocenters. The summed E-state index contributed by atoms with van der Waals surface area (Å²) in [6.07, 6.45) is 0. The molecule has 0 fully saturated rings. The lowest BCUT2D eigenvalue weighted by Gasteiger charge is -2.13. The molecule has 9 nitrogen and oxygen atoms in total. The highest BCUT2D eigenvalue weighted by atomic mass is 16.5. The lowest BCUT2D eigenvalue weighted by molar-refractivity contribution is 0.0947. The van der Waals surface area contributed by atoms with Crippen LogP contribution in [0.15, 0.2) is 36.4 Å². The number of hydrogen-bond acceptors (Lipinski definition) is 8. The van der Waals surface area contributed by atoms with Gasteiger partial charge in [-0.05, 0) is 35.7 Å². The van der Waals surface area contributed by atoms with Gasteiger partial charge in [0.1, 0.15) is 0 Å². The van der Waals surface area contributed by atoms with E-state index in [0.717, 1.165) is 10.4 Å². The van der Waals surface area contributed by atoms with Crippen molar-refractivity contribution in [2.24, 2.45) is 0 Å². The van der Waals surface area contributed by atoms with Gasteiger partial charge in [0.25, 0.3) is 5.91 Å². The van der Waals surface area contributed by atoms with Gasteiger partial charge in [0.05, 0.1) is 21.3 Å². The summed E-state index contributed by atoms with van der Waals surface area (Å²) >= 11 is 0. The van der Waals surface area contributed by atoms with Gasteiger partial charge in [-0.2, -0.15) is 9.67 Å². The number of nitrogen functional groups attached to an aromatic ring is 1. The first-order valence-corrected chi connectivity index (χ1v) is 9.32. The number of aromatic nitrogens is 3. The zero-order chi connectivity index (χ0) is 21.8. The van der Waals surface area contributed by atoms with Crippen molar-refractivity contribution in [2.75, 3.05) is 32.4 Å². The number of rotatable bonds is 7. The highest BCUT2D eigenvalue weighted by Crippen LogP contribution is 2.38. The van der Waals surface area contributed by atoms with E-state index < -0.39 is 5.91 Å². The Kier molecular flexibility index (Phi) is 6.10. The van der Waals surface area contributed by atoms with Crippen LogP contribution >= 0.6 is 0 Å². The summed E-state index contributed by atoms with van der Waals surface area (Å²) in [6, 6.07) is 11.0. The van der Waals surface area contributed by atoms with Crippen LogP contribution in [0.1, 0.15) is 35.7 Å². The average Bonchev–Trinajstić information content (AvgIpc) is 3.12. The maximum atomic E-state index is 13.0. The number of carbonyl (C=O) groups excluding carboxylic acids is 1. The first-order chi connectivity index (χ1) is 14.4. The predicted octanol–water partition coefficient (Wildman–Crippen LogP) is 3.44. The summed E-state index contributed by atoms with van der Waals surface area (Å²) in [6.45, 7) is 4.25. The van der Waals surface area contributed by atoms with Crippen molar-refractivity contribution in [2.45, 2.75) is 19.8 Å². The smallest absolute Gasteiger partial charge is 0.281 e. The number of nitrogens with two attached hydrogens (primary N) is 1. The number of nitrogens with zero attached hydrogens (tertiary/aromatic N) is 3. The minimum absolute atomic E-state index is 0.0462. The second-order valence-electron chi connectivity index (χ2n) is 6.83. The Balaban J connectivity index is 1.88. The molecule has 158 valence electrons. The number of methoxy groups -OCH3 is 3. The summed E-state index contributed by atoms with van der Waals surface area (Å²) < 4.78 is 16.9. The molecule has 3 N–H and O–H groups in total. The summed E-state index contributed by atoms with van der Waals surface area (Å²) in [5.41, 5.74) is 8.20. The van der Waals surface area contributed by atoms with Crippen LogP contribution in [-0.2, 0) is 0 Å². The maximum absolute atomic E-state index is 13.0. The zero-order valence-electron chi connectivity index (χ0n) is 17.6. The third-order valence-corrected chi connectivity index (χ3v) is 4.57. The van der Waals surface area contributed by atoms with Gasteiger partial charge in [-0.15, -0.1) is 5.10 Å². The molecule has 0 atom stereocenters. The Bertz CT molecular complexity index is 1020. The van der Waals surface area contributed by atoms with Crippen molar-refractivity contribution in [1.82, 2.24) is 14.8 Å². The predicted molar refractivity (Wildman–Crippen MR) is 114 cm³/mol. The molecule has 0 aliphatic carbocycles. The molecule has 3 rings (SSSR count). The topological polar surface area (TPSA) is 114 Å². The standard InChI is InChI=1S/C21H25N5O4/c1-12(2)13-6-8-15(9-7-13)23-21-24-20(22)26(25-21)19(27)14-10-16(28-3)18(30-5)17(11-14)29-4/h6-12H,1-5H3,(H3,22,23,24,25). The summed E-state index contributed by atoms with van der Waals surface area (Å²) in [4.78, 5) is 17.1. The summed E-state index contributed by atoms with van der Waals surface area (Å²) in [7, 11) is 4.44. The van der Waals surface area contributed by atoms with Gasteiger partial charge in [-0.1, -0.05) is 26.0 Å². The van der Waals surface area contributed by atoms with Gasteiger partial charge in [-0.25, -0.2) is 0 Å². The second-order valence-corrected chi connectivity index (χ2v) is 6.83. The number of ether oxygens (including phenoxy) is 3. The fourth-order valence-corrected chi connectivity index (χ4v) is 2.93. The monoisotopic (exact) mass is 411 g/mol. The van der Waals surface area contributed by atoms with Crippen molar-refractivity contribution in [3.05, 3.63) is 47.5 Å².